The van der Waals surface area contributed by atoms with Gasteiger partial charge >= 0.3 is 0 Å². The van der Waals surface area contributed by atoms with E-state index in [0.717, 1.165) is 26.2 Å². The summed E-state index contributed by atoms with van der Waals surface area (Å²) in [6.45, 7) is 9.05. The average molecular weight is 263 g/mol. The highest BCUT2D eigenvalue weighted by Crippen LogP contribution is 2.33. The number of hydrogen-bond donors (Lipinski definition) is 1. The Morgan fingerprint density at radius 3 is 2.68 bits per heavy atom. The van der Waals surface area contributed by atoms with Crippen molar-refractivity contribution in [3.8, 4) is 0 Å². The van der Waals surface area contributed by atoms with Gasteiger partial charge in [0, 0.05) is 30.5 Å². The summed E-state index contributed by atoms with van der Waals surface area (Å²) < 4.78 is 5.62. The molecule has 0 bridgehead atoms. The van der Waals surface area contributed by atoms with Gasteiger partial charge in [0.25, 0.3) is 0 Å². The molecule has 1 saturated heterocycles. The molecule has 4 heteroatoms. The Balaban J connectivity index is 2.32. The second-order valence-electron chi connectivity index (χ2n) is 5.86. The van der Waals surface area contributed by atoms with Crippen molar-refractivity contribution in [2.24, 2.45) is 5.73 Å². The smallest absolute Gasteiger partial charge is 0.0645 e. The van der Waals surface area contributed by atoms with Gasteiger partial charge in [0.05, 0.1) is 19.3 Å². The number of nitrogens with zero attached hydrogens (tertiary/aromatic N) is 2. The van der Waals surface area contributed by atoms with Crippen molar-refractivity contribution in [2.75, 3.05) is 19.8 Å². The predicted molar refractivity (Wildman–Crippen MR) is 76.8 cm³/mol. The molecule has 1 fully saturated rings. The molecular weight excluding hydrogens is 238 g/mol. The van der Waals surface area contributed by atoms with Crippen molar-refractivity contribution in [1.29, 1.82) is 0 Å². The van der Waals surface area contributed by atoms with Crippen LogP contribution in [0.4, 0.5) is 0 Å². The Labute approximate surface area is 116 Å². The Bertz CT molecular complexity index is 394. The highest BCUT2D eigenvalue weighted by Gasteiger charge is 2.38. The van der Waals surface area contributed by atoms with Crippen molar-refractivity contribution >= 4 is 0 Å². The molecule has 2 N–H and O–H groups in total. The first-order chi connectivity index (χ1) is 9.06. The number of hydrogen-bond acceptors (Lipinski definition) is 4. The Morgan fingerprint density at radius 1 is 1.42 bits per heavy atom. The number of morpholine rings is 1. The van der Waals surface area contributed by atoms with Gasteiger partial charge < -0.3 is 10.5 Å². The van der Waals surface area contributed by atoms with Gasteiger partial charge in [-0.3, -0.25) is 9.88 Å². The second-order valence-corrected chi connectivity index (χ2v) is 5.86. The molecule has 1 aromatic rings. The van der Waals surface area contributed by atoms with E-state index in [1.807, 2.05) is 12.4 Å². The van der Waals surface area contributed by atoms with Crippen LogP contribution in [0.1, 0.15) is 38.8 Å². The minimum Gasteiger partial charge on any atom is -0.378 e. The fraction of sp³-hybridized carbons (Fsp3) is 0.667. The summed E-state index contributed by atoms with van der Waals surface area (Å²) in [6, 6.07) is 4.50. The van der Waals surface area contributed by atoms with Gasteiger partial charge in [-0.1, -0.05) is 6.92 Å². The van der Waals surface area contributed by atoms with Crippen molar-refractivity contribution in [3.05, 3.63) is 30.1 Å². The van der Waals surface area contributed by atoms with E-state index in [1.165, 1.54) is 5.56 Å². The SMILES string of the molecule is CCC(N)C(c1ccncc1)N1CCOCC1(C)C. The van der Waals surface area contributed by atoms with E-state index in [1.54, 1.807) is 0 Å². The highest BCUT2D eigenvalue weighted by molar-refractivity contribution is 5.18. The second kappa shape index (κ2) is 5.99. The van der Waals surface area contributed by atoms with E-state index in [2.05, 4.69) is 42.8 Å². The zero-order valence-corrected chi connectivity index (χ0v) is 12.2. The molecule has 0 spiro atoms. The topological polar surface area (TPSA) is 51.4 Å². The molecule has 0 aromatic carbocycles. The molecule has 2 heterocycles. The maximum atomic E-state index is 6.40. The summed E-state index contributed by atoms with van der Waals surface area (Å²) >= 11 is 0. The minimum absolute atomic E-state index is 0.0129. The molecule has 1 aliphatic heterocycles. The van der Waals surface area contributed by atoms with Gasteiger partial charge in [-0.05, 0) is 38.0 Å². The van der Waals surface area contributed by atoms with Gasteiger partial charge in [-0.15, -0.1) is 0 Å². The van der Waals surface area contributed by atoms with Gasteiger partial charge in [0.2, 0.25) is 0 Å². The Hall–Kier alpha value is -0.970. The molecule has 0 saturated carbocycles. The summed E-state index contributed by atoms with van der Waals surface area (Å²) in [5.41, 5.74) is 7.66. The van der Waals surface area contributed by atoms with E-state index in [9.17, 15) is 0 Å². The fourth-order valence-electron chi connectivity index (χ4n) is 2.83. The van der Waals surface area contributed by atoms with Crippen LogP contribution in [0, 0.1) is 0 Å². The maximum absolute atomic E-state index is 6.40. The summed E-state index contributed by atoms with van der Waals surface area (Å²) in [4.78, 5) is 6.60. The first-order valence-corrected chi connectivity index (χ1v) is 7.06. The van der Waals surface area contributed by atoms with Crippen LogP contribution in [0.15, 0.2) is 24.5 Å². The third-order valence-electron chi connectivity index (χ3n) is 3.97. The summed E-state index contributed by atoms with van der Waals surface area (Å²) in [6.07, 6.45) is 4.65. The first-order valence-electron chi connectivity index (χ1n) is 7.06. The normalized spacial score (nSPS) is 22.9. The van der Waals surface area contributed by atoms with E-state index in [4.69, 9.17) is 10.5 Å². The molecule has 106 valence electrons. The fourth-order valence-corrected chi connectivity index (χ4v) is 2.83. The zero-order valence-electron chi connectivity index (χ0n) is 12.2. The lowest BCUT2D eigenvalue weighted by molar-refractivity contribution is -0.0777. The van der Waals surface area contributed by atoms with Crippen molar-refractivity contribution in [1.82, 2.24) is 9.88 Å². The summed E-state index contributed by atoms with van der Waals surface area (Å²) in [7, 11) is 0. The van der Waals surface area contributed by atoms with Gasteiger partial charge in [0.1, 0.15) is 0 Å². The minimum atomic E-state index is 0.0129. The molecule has 1 aromatic heterocycles. The lowest BCUT2D eigenvalue weighted by Crippen LogP contribution is -2.57. The molecule has 0 aliphatic carbocycles. The highest BCUT2D eigenvalue weighted by atomic mass is 16.5. The molecule has 1 aliphatic rings. The van der Waals surface area contributed by atoms with Crippen LogP contribution >= 0.6 is 0 Å². The van der Waals surface area contributed by atoms with Crippen molar-refractivity contribution < 1.29 is 4.74 Å². The van der Waals surface area contributed by atoms with Gasteiger partial charge in [0.15, 0.2) is 0 Å². The molecular formula is C15H25N3O. The van der Waals surface area contributed by atoms with Crippen LogP contribution in [0.5, 0.6) is 0 Å². The van der Waals surface area contributed by atoms with Gasteiger partial charge in [-0.2, -0.15) is 0 Å². The number of pyridine rings is 1. The quantitative estimate of drug-likeness (QED) is 0.902. The van der Waals surface area contributed by atoms with E-state index >= 15 is 0 Å². The van der Waals surface area contributed by atoms with E-state index < -0.39 is 0 Å². The number of rotatable bonds is 4. The molecule has 0 radical (unpaired) electrons. The third kappa shape index (κ3) is 3.14. The van der Waals surface area contributed by atoms with Crippen LogP contribution in [0.2, 0.25) is 0 Å². The summed E-state index contributed by atoms with van der Waals surface area (Å²) in [5.74, 6) is 0. The standard InChI is InChI=1S/C15H25N3O/c1-4-13(16)14(12-5-7-17-8-6-12)18-9-10-19-11-15(18,2)3/h5-8,13-14H,4,9-11,16H2,1-3H3. The number of ether oxygens (including phenoxy) is 1. The predicted octanol–water partition coefficient (Wildman–Crippen LogP) is 1.97. The van der Waals surface area contributed by atoms with Crippen LogP contribution < -0.4 is 5.73 Å². The third-order valence-corrected chi connectivity index (χ3v) is 3.97. The molecule has 2 rings (SSSR count). The molecule has 4 nitrogen and oxygen atoms in total. The van der Waals surface area contributed by atoms with Crippen molar-refractivity contribution in [2.45, 2.75) is 44.8 Å². The van der Waals surface area contributed by atoms with Gasteiger partial charge in [-0.25, -0.2) is 0 Å². The first kappa shape index (κ1) is 14.4. The zero-order chi connectivity index (χ0) is 13.9. The van der Waals surface area contributed by atoms with Crippen LogP contribution in [0.25, 0.3) is 0 Å². The lowest BCUT2D eigenvalue weighted by Gasteiger charge is -2.48. The molecule has 2 unspecified atom stereocenters. The lowest BCUT2D eigenvalue weighted by atomic mass is 9.91. The van der Waals surface area contributed by atoms with Crippen LogP contribution in [-0.2, 0) is 4.74 Å². The van der Waals surface area contributed by atoms with E-state index in [0.29, 0.717) is 0 Å². The van der Waals surface area contributed by atoms with Crippen LogP contribution in [0.3, 0.4) is 0 Å². The molecule has 19 heavy (non-hydrogen) atoms. The molecule has 2 atom stereocenters. The van der Waals surface area contributed by atoms with Crippen molar-refractivity contribution in [3.63, 3.8) is 0 Å². The number of aromatic nitrogens is 1. The monoisotopic (exact) mass is 263 g/mol. The largest absolute Gasteiger partial charge is 0.378 e. The van der Waals surface area contributed by atoms with E-state index in [-0.39, 0.29) is 17.6 Å². The Morgan fingerprint density at radius 2 is 2.11 bits per heavy atom. The molecule has 0 amide bonds. The maximum Gasteiger partial charge on any atom is 0.0645 e. The number of nitrogens with two attached hydrogens (primary N) is 1. The Kier molecular flexibility index (Phi) is 4.55. The van der Waals surface area contributed by atoms with Crippen LogP contribution in [-0.4, -0.2) is 41.2 Å². The average Bonchev–Trinajstić information content (AvgIpc) is 2.41. The summed E-state index contributed by atoms with van der Waals surface area (Å²) in [5, 5.41) is 0.